The Morgan fingerprint density at radius 3 is 2.30 bits per heavy atom. The summed E-state index contributed by atoms with van der Waals surface area (Å²) in [5.41, 5.74) is 3.72. The van der Waals surface area contributed by atoms with E-state index in [1.807, 2.05) is 18.2 Å². The first-order chi connectivity index (χ1) is 14.4. The zero-order chi connectivity index (χ0) is 21.3. The van der Waals surface area contributed by atoms with Crippen LogP contribution in [0.1, 0.15) is 21.5 Å². The maximum absolute atomic E-state index is 12.5. The molecule has 0 bridgehead atoms. The van der Waals surface area contributed by atoms with Gasteiger partial charge in [-0.2, -0.15) is 0 Å². The first kappa shape index (κ1) is 19.5. The van der Waals surface area contributed by atoms with Crippen LogP contribution in [0.25, 0.3) is 16.7 Å². The minimum atomic E-state index is -0.498. The highest BCUT2D eigenvalue weighted by Gasteiger charge is 2.27. The van der Waals surface area contributed by atoms with Gasteiger partial charge in [-0.3, -0.25) is 14.9 Å². The lowest BCUT2D eigenvalue weighted by atomic mass is 9.91. The number of imide groups is 1. The molecule has 0 unspecified atom stereocenters. The quantitative estimate of drug-likeness (QED) is 0.292. The van der Waals surface area contributed by atoms with Crippen molar-refractivity contribution in [2.24, 2.45) is 0 Å². The highest BCUT2D eigenvalue weighted by molar-refractivity contribution is 6.31. The van der Waals surface area contributed by atoms with Gasteiger partial charge in [0.2, 0.25) is 0 Å². The number of fused-ring (bicyclic) bond motifs is 1. The van der Waals surface area contributed by atoms with Gasteiger partial charge in [-0.05, 0) is 53.1 Å². The van der Waals surface area contributed by atoms with Crippen LogP contribution in [-0.4, -0.2) is 22.0 Å². The summed E-state index contributed by atoms with van der Waals surface area (Å²) in [6, 6.07) is 17.1. The third kappa shape index (κ3) is 3.86. The second-order valence-electron chi connectivity index (χ2n) is 6.81. The van der Waals surface area contributed by atoms with Crippen LogP contribution in [0.15, 0.2) is 66.9 Å². The van der Waals surface area contributed by atoms with E-state index < -0.39 is 11.8 Å². The van der Waals surface area contributed by atoms with Crippen LogP contribution >= 0.6 is 11.6 Å². The molecular formula is C23H17ClN2O4. The third-order valence-electron chi connectivity index (χ3n) is 4.80. The summed E-state index contributed by atoms with van der Waals surface area (Å²) in [7, 11) is 0. The number of phenolic OH excluding ortho intramolecular Hbond substituents is 2. The fraction of sp³-hybridized carbons (Fsp3) is 0.0435. The predicted octanol–water partition coefficient (Wildman–Crippen LogP) is 3.82. The Kier molecular flexibility index (Phi) is 5.16. The highest BCUT2D eigenvalue weighted by atomic mass is 35.5. The molecule has 0 radical (unpaired) electrons. The number of halogens is 1. The van der Waals surface area contributed by atoms with E-state index in [2.05, 4.69) is 10.6 Å². The molecule has 0 aliphatic carbocycles. The Morgan fingerprint density at radius 1 is 0.833 bits per heavy atom. The van der Waals surface area contributed by atoms with E-state index in [9.17, 15) is 19.8 Å². The highest BCUT2D eigenvalue weighted by Crippen LogP contribution is 2.30. The lowest BCUT2D eigenvalue weighted by Gasteiger charge is -2.19. The Labute approximate surface area is 177 Å². The molecule has 0 atom stereocenters. The summed E-state index contributed by atoms with van der Waals surface area (Å²) >= 11 is 5.96. The van der Waals surface area contributed by atoms with Crippen molar-refractivity contribution < 1.29 is 19.8 Å². The number of carbonyl (C=O) groups excluding carboxylic acids is 2. The van der Waals surface area contributed by atoms with E-state index in [0.717, 1.165) is 11.1 Å². The van der Waals surface area contributed by atoms with Gasteiger partial charge in [0.05, 0.1) is 5.57 Å². The molecule has 150 valence electrons. The fourth-order valence-corrected chi connectivity index (χ4v) is 3.37. The number of amides is 2. The van der Waals surface area contributed by atoms with Crippen molar-refractivity contribution in [2.75, 3.05) is 0 Å². The van der Waals surface area contributed by atoms with E-state index in [0.29, 0.717) is 33.8 Å². The van der Waals surface area contributed by atoms with Gasteiger partial charge in [-0.25, -0.2) is 0 Å². The fourth-order valence-electron chi connectivity index (χ4n) is 3.24. The first-order valence-corrected chi connectivity index (χ1v) is 9.50. The second kappa shape index (κ2) is 7.93. The Bertz CT molecular complexity index is 1190. The van der Waals surface area contributed by atoms with Crippen LogP contribution in [0.4, 0.5) is 0 Å². The van der Waals surface area contributed by atoms with Crippen molar-refractivity contribution in [1.82, 2.24) is 10.6 Å². The van der Waals surface area contributed by atoms with Crippen molar-refractivity contribution in [1.29, 1.82) is 0 Å². The van der Waals surface area contributed by atoms with Gasteiger partial charge in [-0.15, -0.1) is 0 Å². The minimum Gasteiger partial charge on any atom is -0.504 e. The van der Waals surface area contributed by atoms with Crippen LogP contribution in [0.2, 0.25) is 5.02 Å². The monoisotopic (exact) mass is 420 g/mol. The van der Waals surface area contributed by atoms with Crippen LogP contribution in [0.3, 0.4) is 0 Å². The Balaban J connectivity index is 1.66. The van der Waals surface area contributed by atoms with Gasteiger partial charge in [-0.1, -0.05) is 35.9 Å². The van der Waals surface area contributed by atoms with E-state index >= 15 is 0 Å². The summed E-state index contributed by atoms with van der Waals surface area (Å²) in [6.45, 7) is 0.310. The summed E-state index contributed by atoms with van der Waals surface area (Å²) in [5.74, 6) is -1.37. The number of carbonyl (C=O) groups is 2. The molecule has 0 saturated carbocycles. The van der Waals surface area contributed by atoms with Gasteiger partial charge >= 0.3 is 0 Å². The second-order valence-corrected chi connectivity index (χ2v) is 7.25. The summed E-state index contributed by atoms with van der Waals surface area (Å²) < 4.78 is 0. The molecule has 1 heterocycles. The number of hydrogen-bond acceptors (Lipinski definition) is 5. The van der Waals surface area contributed by atoms with Crippen molar-refractivity contribution in [3.63, 3.8) is 0 Å². The van der Waals surface area contributed by atoms with Gasteiger partial charge in [0.25, 0.3) is 11.8 Å². The molecule has 0 aromatic heterocycles. The van der Waals surface area contributed by atoms with Crippen LogP contribution < -0.4 is 10.6 Å². The van der Waals surface area contributed by atoms with Crippen molar-refractivity contribution in [2.45, 2.75) is 6.54 Å². The Hall–Kier alpha value is -3.77. The number of rotatable bonds is 4. The lowest BCUT2D eigenvalue weighted by molar-refractivity contribution is -0.114. The average Bonchev–Trinajstić information content (AvgIpc) is 2.73. The molecule has 1 aliphatic heterocycles. The van der Waals surface area contributed by atoms with E-state index in [4.69, 9.17) is 11.6 Å². The molecule has 4 N–H and O–H groups in total. The molecule has 1 aliphatic rings. The first-order valence-electron chi connectivity index (χ1n) is 9.13. The number of hydrogen-bond donors (Lipinski definition) is 4. The molecule has 0 fully saturated rings. The maximum atomic E-state index is 12.5. The third-order valence-corrected chi connectivity index (χ3v) is 5.05. The molecule has 0 saturated heterocycles. The zero-order valence-corrected chi connectivity index (χ0v) is 16.4. The van der Waals surface area contributed by atoms with Crippen LogP contribution in [0.5, 0.6) is 11.5 Å². The molecule has 2 amide bonds. The molecule has 3 aromatic carbocycles. The minimum absolute atomic E-state index is 0.203. The van der Waals surface area contributed by atoms with Crippen molar-refractivity contribution in [3.8, 4) is 22.6 Å². The average molecular weight is 421 g/mol. The van der Waals surface area contributed by atoms with Crippen molar-refractivity contribution in [3.05, 3.63) is 88.6 Å². The molecule has 3 aromatic rings. The van der Waals surface area contributed by atoms with E-state index in [1.165, 1.54) is 18.3 Å². The standard InChI is InChI=1S/C23H17ClN2O4/c24-16-5-2-14(3-6-16)15-4-7-17-18(10-15)19(23(30)26-22(17)29)12-25-11-13-1-8-20(27)21(28)9-13/h1-10,12,25,27-28H,11H2,(H,26,29,30). The topological polar surface area (TPSA) is 98.7 Å². The van der Waals surface area contributed by atoms with Crippen LogP contribution in [0, 0.1) is 0 Å². The normalized spacial score (nSPS) is 14.4. The number of nitrogens with one attached hydrogen (secondary N) is 2. The van der Waals surface area contributed by atoms with E-state index in [-0.39, 0.29) is 11.5 Å². The van der Waals surface area contributed by atoms with Gasteiger partial charge < -0.3 is 15.5 Å². The lowest BCUT2D eigenvalue weighted by Crippen LogP contribution is -2.37. The van der Waals surface area contributed by atoms with Gasteiger partial charge in [0, 0.05) is 28.9 Å². The number of benzene rings is 3. The molecule has 30 heavy (non-hydrogen) atoms. The molecule has 7 heteroatoms. The largest absolute Gasteiger partial charge is 0.504 e. The van der Waals surface area contributed by atoms with E-state index in [1.54, 1.807) is 30.3 Å². The summed E-state index contributed by atoms with van der Waals surface area (Å²) in [6.07, 6.45) is 1.54. The summed E-state index contributed by atoms with van der Waals surface area (Å²) in [5, 5.41) is 25.0. The van der Waals surface area contributed by atoms with Gasteiger partial charge in [0.1, 0.15) is 0 Å². The molecule has 6 nitrogen and oxygen atoms in total. The smallest absolute Gasteiger partial charge is 0.260 e. The SMILES string of the molecule is O=C1NC(=O)c2ccc(-c3ccc(Cl)cc3)cc2C1=CNCc1ccc(O)c(O)c1. The summed E-state index contributed by atoms with van der Waals surface area (Å²) in [4.78, 5) is 24.7. The maximum Gasteiger partial charge on any atom is 0.260 e. The Morgan fingerprint density at radius 2 is 1.57 bits per heavy atom. The number of phenols is 2. The van der Waals surface area contributed by atoms with Crippen LogP contribution in [-0.2, 0) is 11.3 Å². The number of aromatic hydroxyl groups is 2. The molecule has 0 spiro atoms. The molecular weight excluding hydrogens is 404 g/mol. The zero-order valence-electron chi connectivity index (χ0n) is 15.6. The predicted molar refractivity (Wildman–Crippen MR) is 114 cm³/mol. The van der Waals surface area contributed by atoms with Crippen molar-refractivity contribution >= 4 is 29.0 Å². The molecule has 4 rings (SSSR count). The van der Waals surface area contributed by atoms with Gasteiger partial charge in [0.15, 0.2) is 11.5 Å².